The lowest BCUT2D eigenvalue weighted by Crippen LogP contribution is -2.02. The molecule has 3 heterocycles. The minimum atomic E-state index is 0.624. The van der Waals surface area contributed by atoms with E-state index in [1.165, 1.54) is 0 Å². The third kappa shape index (κ3) is 1.79. The second-order valence-corrected chi connectivity index (χ2v) is 4.97. The van der Waals surface area contributed by atoms with E-state index < -0.39 is 0 Å². The molecule has 0 fully saturated rings. The van der Waals surface area contributed by atoms with Crippen LogP contribution < -0.4 is 5.73 Å². The van der Waals surface area contributed by atoms with Crippen molar-refractivity contribution in [1.82, 2.24) is 19.5 Å². The normalized spacial score (nSPS) is 11.2. The number of pyridine rings is 1. The van der Waals surface area contributed by atoms with E-state index in [0.29, 0.717) is 6.54 Å². The summed E-state index contributed by atoms with van der Waals surface area (Å²) < 4.78 is 2.04. The maximum atomic E-state index is 5.54. The van der Waals surface area contributed by atoms with Crippen molar-refractivity contribution in [2.24, 2.45) is 12.8 Å². The molecule has 0 bridgehead atoms. The number of thiazole rings is 1. The van der Waals surface area contributed by atoms with Gasteiger partial charge in [0.25, 0.3) is 0 Å². The van der Waals surface area contributed by atoms with E-state index >= 15 is 0 Å². The van der Waals surface area contributed by atoms with Gasteiger partial charge >= 0.3 is 0 Å². The molecule has 0 aliphatic rings. The van der Waals surface area contributed by atoms with E-state index in [1.807, 2.05) is 23.1 Å². The molecular formula is C12H13N5S. The second kappa shape index (κ2) is 4.47. The summed E-state index contributed by atoms with van der Waals surface area (Å²) in [5, 5.41) is 3.08. The molecule has 0 unspecified atom stereocenters. The third-order valence-electron chi connectivity index (χ3n) is 2.82. The molecule has 0 aliphatic heterocycles. The lowest BCUT2D eigenvalue weighted by Gasteiger charge is -1.98. The van der Waals surface area contributed by atoms with Crippen LogP contribution in [0.4, 0.5) is 0 Å². The average Bonchev–Trinajstić information content (AvgIpc) is 2.96. The molecule has 0 saturated heterocycles. The minimum absolute atomic E-state index is 0.624. The molecule has 18 heavy (non-hydrogen) atoms. The van der Waals surface area contributed by atoms with Gasteiger partial charge in [-0.3, -0.25) is 4.98 Å². The quantitative estimate of drug-likeness (QED) is 0.775. The van der Waals surface area contributed by atoms with Gasteiger partial charge < -0.3 is 10.3 Å². The molecular weight excluding hydrogens is 246 g/mol. The summed E-state index contributed by atoms with van der Waals surface area (Å²) in [5.74, 6) is 0.873. The zero-order valence-corrected chi connectivity index (χ0v) is 10.8. The van der Waals surface area contributed by atoms with Crippen molar-refractivity contribution in [3.8, 4) is 11.5 Å². The van der Waals surface area contributed by atoms with Crippen molar-refractivity contribution < 1.29 is 0 Å². The van der Waals surface area contributed by atoms with Crippen molar-refractivity contribution in [3.05, 3.63) is 28.8 Å². The van der Waals surface area contributed by atoms with Gasteiger partial charge in [0.05, 0.1) is 16.7 Å². The van der Waals surface area contributed by atoms with Crippen LogP contribution in [0.25, 0.3) is 22.6 Å². The summed E-state index contributed by atoms with van der Waals surface area (Å²) in [7, 11) is 1.99. The Kier molecular flexibility index (Phi) is 2.81. The summed E-state index contributed by atoms with van der Waals surface area (Å²) in [4.78, 5) is 13.2. The van der Waals surface area contributed by atoms with Gasteiger partial charge in [0.15, 0.2) is 5.82 Å². The minimum Gasteiger partial charge on any atom is -0.330 e. The SMILES string of the molecule is Cn1c(-c2csc(CCN)n2)nc2cnccc21. The van der Waals surface area contributed by atoms with Crippen LogP contribution in [0.15, 0.2) is 23.8 Å². The smallest absolute Gasteiger partial charge is 0.160 e. The molecule has 2 N–H and O–H groups in total. The number of rotatable bonds is 3. The number of imidazole rings is 1. The molecule has 0 atom stereocenters. The van der Waals surface area contributed by atoms with Crippen LogP contribution in [0.5, 0.6) is 0 Å². The molecule has 0 aromatic carbocycles. The van der Waals surface area contributed by atoms with E-state index in [9.17, 15) is 0 Å². The first kappa shape index (κ1) is 11.3. The average molecular weight is 259 g/mol. The Morgan fingerprint density at radius 2 is 2.28 bits per heavy atom. The van der Waals surface area contributed by atoms with E-state index in [2.05, 4.69) is 15.0 Å². The van der Waals surface area contributed by atoms with Crippen molar-refractivity contribution in [1.29, 1.82) is 0 Å². The zero-order valence-electron chi connectivity index (χ0n) is 10.00. The Morgan fingerprint density at radius 3 is 3.06 bits per heavy atom. The predicted molar refractivity (Wildman–Crippen MR) is 72.4 cm³/mol. The second-order valence-electron chi connectivity index (χ2n) is 4.02. The number of aromatic nitrogens is 4. The molecule has 92 valence electrons. The van der Waals surface area contributed by atoms with Gasteiger partial charge in [-0.1, -0.05) is 0 Å². The van der Waals surface area contributed by atoms with Crippen molar-refractivity contribution >= 4 is 22.4 Å². The number of nitrogens with zero attached hydrogens (tertiary/aromatic N) is 4. The fourth-order valence-electron chi connectivity index (χ4n) is 1.93. The van der Waals surface area contributed by atoms with Crippen LogP contribution in [-0.4, -0.2) is 26.1 Å². The van der Waals surface area contributed by atoms with Gasteiger partial charge in [-0.05, 0) is 12.6 Å². The fraction of sp³-hybridized carbons (Fsp3) is 0.250. The summed E-state index contributed by atoms with van der Waals surface area (Å²) >= 11 is 1.63. The first-order valence-corrected chi connectivity index (χ1v) is 6.59. The Bertz CT molecular complexity index is 685. The summed E-state index contributed by atoms with van der Waals surface area (Å²) in [6, 6.07) is 1.96. The molecule has 6 heteroatoms. The number of hydrogen-bond acceptors (Lipinski definition) is 5. The molecule has 0 radical (unpaired) electrons. The van der Waals surface area contributed by atoms with E-state index in [0.717, 1.165) is 34.0 Å². The standard InChI is InChI=1S/C12H13N5S/c1-17-10-3-5-14-6-8(10)16-12(17)9-7-18-11(15-9)2-4-13/h3,5-7H,2,4,13H2,1H3. The third-order valence-corrected chi connectivity index (χ3v) is 3.73. The molecule has 0 saturated carbocycles. The van der Waals surface area contributed by atoms with Crippen LogP contribution in [0.3, 0.4) is 0 Å². The van der Waals surface area contributed by atoms with Gasteiger partial charge in [0.2, 0.25) is 0 Å². The topological polar surface area (TPSA) is 69.6 Å². The highest BCUT2D eigenvalue weighted by molar-refractivity contribution is 7.09. The predicted octanol–water partition coefficient (Wildman–Crippen LogP) is 1.59. The Morgan fingerprint density at radius 1 is 1.39 bits per heavy atom. The van der Waals surface area contributed by atoms with E-state index in [4.69, 9.17) is 5.73 Å². The zero-order chi connectivity index (χ0) is 12.5. The van der Waals surface area contributed by atoms with Gasteiger partial charge in [-0.2, -0.15) is 0 Å². The van der Waals surface area contributed by atoms with E-state index in [1.54, 1.807) is 23.7 Å². The lowest BCUT2D eigenvalue weighted by molar-refractivity contribution is 0.932. The number of hydrogen-bond donors (Lipinski definition) is 1. The Hall–Kier alpha value is -1.79. The molecule has 3 aromatic rings. The van der Waals surface area contributed by atoms with Crippen molar-refractivity contribution in [2.45, 2.75) is 6.42 Å². The molecule has 0 spiro atoms. The largest absolute Gasteiger partial charge is 0.330 e. The first-order valence-electron chi connectivity index (χ1n) is 5.71. The molecule has 5 nitrogen and oxygen atoms in total. The summed E-state index contributed by atoms with van der Waals surface area (Å²) in [6.45, 7) is 0.624. The highest BCUT2D eigenvalue weighted by Crippen LogP contribution is 2.24. The maximum absolute atomic E-state index is 5.54. The highest BCUT2D eigenvalue weighted by Gasteiger charge is 2.12. The van der Waals surface area contributed by atoms with E-state index in [-0.39, 0.29) is 0 Å². The Balaban J connectivity index is 2.10. The fourth-order valence-corrected chi connectivity index (χ4v) is 2.73. The molecule has 0 amide bonds. The van der Waals surface area contributed by atoms with Crippen LogP contribution >= 0.6 is 11.3 Å². The van der Waals surface area contributed by atoms with Crippen molar-refractivity contribution in [3.63, 3.8) is 0 Å². The van der Waals surface area contributed by atoms with Gasteiger partial charge in [0, 0.05) is 25.0 Å². The molecule has 0 aliphatic carbocycles. The Labute approximate surface area is 108 Å². The van der Waals surface area contributed by atoms with Gasteiger partial charge in [-0.25, -0.2) is 9.97 Å². The van der Waals surface area contributed by atoms with Crippen LogP contribution in [0, 0.1) is 0 Å². The lowest BCUT2D eigenvalue weighted by atomic mass is 10.4. The van der Waals surface area contributed by atoms with Crippen LogP contribution in [-0.2, 0) is 13.5 Å². The summed E-state index contributed by atoms with van der Waals surface area (Å²) in [5.41, 5.74) is 8.40. The molecule has 3 rings (SSSR count). The number of nitrogens with two attached hydrogens (primary N) is 1. The monoisotopic (exact) mass is 259 g/mol. The van der Waals surface area contributed by atoms with Crippen LogP contribution in [0.1, 0.15) is 5.01 Å². The van der Waals surface area contributed by atoms with Gasteiger partial charge in [0.1, 0.15) is 11.2 Å². The van der Waals surface area contributed by atoms with Gasteiger partial charge in [-0.15, -0.1) is 11.3 Å². The molecule has 3 aromatic heterocycles. The summed E-state index contributed by atoms with van der Waals surface area (Å²) in [6.07, 6.45) is 4.36. The maximum Gasteiger partial charge on any atom is 0.160 e. The van der Waals surface area contributed by atoms with Crippen LogP contribution in [0.2, 0.25) is 0 Å². The first-order chi connectivity index (χ1) is 8.79. The van der Waals surface area contributed by atoms with Crippen molar-refractivity contribution in [2.75, 3.05) is 6.54 Å². The number of fused-ring (bicyclic) bond motifs is 1. The number of aryl methyl sites for hydroxylation is 1. The highest BCUT2D eigenvalue weighted by atomic mass is 32.1.